The van der Waals surface area contributed by atoms with Crippen molar-refractivity contribution in [2.24, 2.45) is 0 Å². The highest BCUT2D eigenvalue weighted by Gasteiger charge is 2.29. The molecule has 2 aromatic rings. The van der Waals surface area contributed by atoms with Crippen LogP contribution in [-0.4, -0.2) is 20.3 Å². The fourth-order valence-electron chi connectivity index (χ4n) is 2.68. The summed E-state index contributed by atoms with van der Waals surface area (Å²) in [5.74, 6) is 0. The van der Waals surface area contributed by atoms with Crippen molar-refractivity contribution in [2.45, 2.75) is 29.5 Å². The van der Waals surface area contributed by atoms with Crippen molar-refractivity contribution in [2.75, 3.05) is 6.54 Å². The molecule has 100 valence electrons. The summed E-state index contributed by atoms with van der Waals surface area (Å²) in [6, 6.07) is 13.1. The van der Waals surface area contributed by atoms with E-state index in [2.05, 4.69) is 5.32 Å². The first-order valence-electron chi connectivity index (χ1n) is 6.65. The highest BCUT2D eigenvalue weighted by atomic mass is 32.2. The van der Waals surface area contributed by atoms with E-state index in [1.54, 1.807) is 6.07 Å². The van der Waals surface area contributed by atoms with Gasteiger partial charge < -0.3 is 5.32 Å². The third-order valence-corrected chi connectivity index (χ3v) is 5.82. The topological polar surface area (TPSA) is 46.2 Å². The van der Waals surface area contributed by atoms with E-state index in [1.165, 1.54) is 0 Å². The second-order valence-corrected chi connectivity index (χ2v) is 7.06. The molecule has 0 aliphatic carbocycles. The molecular formula is C15H17NO2S. The molecule has 0 bridgehead atoms. The van der Waals surface area contributed by atoms with Crippen LogP contribution in [0.1, 0.15) is 19.3 Å². The van der Waals surface area contributed by atoms with Gasteiger partial charge in [0.2, 0.25) is 0 Å². The Labute approximate surface area is 113 Å². The maximum absolute atomic E-state index is 12.7. The zero-order chi connectivity index (χ0) is 13.3. The van der Waals surface area contributed by atoms with Crippen LogP contribution in [0, 0.1) is 0 Å². The lowest BCUT2D eigenvalue weighted by Crippen LogP contribution is -2.40. The molecule has 4 heteroatoms. The molecule has 1 saturated heterocycles. The summed E-state index contributed by atoms with van der Waals surface area (Å²) in [7, 11) is -3.30. The predicted octanol–water partition coefficient (Wildman–Crippen LogP) is 2.71. The summed E-state index contributed by atoms with van der Waals surface area (Å²) in [4.78, 5) is 0.449. The van der Waals surface area contributed by atoms with Gasteiger partial charge in [-0.05, 0) is 37.3 Å². The quantitative estimate of drug-likeness (QED) is 0.916. The second kappa shape index (κ2) is 4.94. The Kier molecular flexibility index (Phi) is 3.29. The molecule has 1 atom stereocenters. The minimum Gasteiger partial charge on any atom is -0.301 e. The van der Waals surface area contributed by atoms with E-state index in [4.69, 9.17) is 0 Å². The zero-order valence-corrected chi connectivity index (χ0v) is 11.5. The lowest BCUT2D eigenvalue weighted by Gasteiger charge is -2.24. The molecule has 0 spiro atoms. The third kappa shape index (κ3) is 2.26. The molecule has 1 heterocycles. The Morgan fingerprint density at radius 3 is 2.58 bits per heavy atom. The van der Waals surface area contributed by atoms with Crippen LogP contribution in [0.25, 0.3) is 10.8 Å². The molecule has 0 aromatic heterocycles. The number of hydrogen-bond acceptors (Lipinski definition) is 3. The van der Waals surface area contributed by atoms with E-state index in [1.807, 2.05) is 36.4 Å². The van der Waals surface area contributed by atoms with Gasteiger partial charge in [0.25, 0.3) is 0 Å². The first-order chi connectivity index (χ1) is 9.19. The first kappa shape index (κ1) is 12.6. The summed E-state index contributed by atoms with van der Waals surface area (Å²) in [6.45, 7) is 0.786. The van der Waals surface area contributed by atoms with Crippen LogP contribution in [0.5, 0.6) is 0 Å². The van der Waals surface area contributed by atoms with Gasteiger partial charge in [0.1, 0.15) is 5.37 Å². The Morgan fingerprint density at radius 2 is 1.79 bits per heavy atom. The van der Waals surface area contributed by atoms with Crippen LogP contribution in [0.4, 0.5) is 0 Å². The van der Waals surface area contributed by atoms with Crippen molar-refractivity contribution in [3.63, 3.8) is 0 Å². The van der Waals surface area contributed by atoms with E-state index in [0.717, 1.165) is 30.2 Å². The predicted molar refractivity (Wildman–Crippen MR) is 76.8 cm³/mol. The van der Waals surface area contributed by atoms with Crippen LogP contribution >= 0.6 is 0 Å². The fourth-order valence-corrected chi connectivity index (χ4v) is 4.56. The molecule has 1 unspecified atom stereocenters. The van der Waals surface area contributed by atoms with Crippen LogP contribution < -0.4 is 5.32 Å². The molecule has 0 amide bonds. The van der Waals surface area contributed by atoms with Crippen molar-refractivity contribution >= 4 is 20.6 Å². The van der Waals surface area contributed by atoms with E-state index >= 15 is 0 Å². The van der Waals surface area contributed by atoms with E-state index < -0.39 is 15.2 Å². The largest absolute Gasteiger partial charge is 0.301 e. The number of piperidine rings is 1. The Morgan fingerprint density at radius 1 is 1.00 bits per heavy atom. The van der Waals surface area contributed by atoms with Gasteiger partial charge in [-0.1, -0.05) is 36.4 Å². The van der Waals surface area contributed by atoms with Gasteiger partial charge in [0.05, 0.1) is 4.90 Å². The van der Waals surface area contributed by atoms with Crippen molar-refractivity contribution in [3.05, 3.63) is 42.5 Å². The van der Waals surface area contributed by atoms with Crippen molar-refractivity contribution < 1.29 is 8.42 Å². The van der Waals surface area contributed by atoms with E-state index in [-0.39, 0.29) is 0 Å². The maximum atomic E-state index is 12.7. The van der Waals surface area contributed by atoms with Crippen molar-refractivity contribution in [1.29, 1.82) is 0 Å². The van der Waals surface area contributed by atoms with E-state index in [9.17, 15) is 8.42 Å². The molecule has 0 radical (unpaired) electrons. The second-order valence-electron chi connectivity index (χ2n) is 4.96. The normalized spacial score (nSPS) is 20.5. The molecule has 0 saturated carbocycles. The summed E-state index contributed by atoms with van der Waals surface area (Å²) >= 11 is 0. The SMILES string of the molecule is O=S(=O)(c1cccc2ccccc12)C1CCCCN1. The van der Waals surface area contributed by atoms with Crippen molar-refractivity contribution in [3.8, 4) is 0 Å². The number of benzene rings is 2. The average molecular weight is 275 g/mol. The fraction of sp³-hybridized carbons (Fsp3) is 0.333. The molecule has 3 nitrogen and oxygen atoms in total. The standard InChI is InChI=1S/C15H17NO2S/c17-19(18,15-10-3-4-11-16-15)14-9-5-7-12-6-1-2-8-13(12)14/h1-2,5-9,15-16H,3-4,10-11H2. The zero-order valence-electron chi connectivity index (χ0n) is 10.7. The molecule has 1 fully saturated rings. The first-order valence-corrected chi connectivity index (χ1v) is 8.19. The molecule has 2 aromatic carbocycles. The lowest BCUT2D eigenvalue weighted by molar-refractivity contribution is 0.461. The third-order valence-electron chi connectivity index (χ3n) is 3.70. The number of nitrogens with one attached hydrogen (secondary N) is 1. The minimum atomic E-state index is -3.30. The number of hydrogen-bond donors (Lipinski definition) is 1. The van der Waals surface area contributed by atoms with Crippen LogP contribution in [0.2, 0.25) is 0 Å². The number of rotatable bonds is 2. The molecular weight excluding hydrogens is 258 g/mol. The van der Waals surface area contributed by atoms with Gasteiger partial charge in [-0.15, -0.1) is 0 Å². The average Bonchev–Trinajstić information content (AvgIpc) is 2.47. The smallest absolute Gasteiger partial charge is 0.194 e. The Bertz CT molecular complexity index is 683. The minimum absolute atomic E-state index is 0.438. The van der Waals surface area contributed by atoms with Crippen LogP contribution in [-0.2, 0) is 9.84 Å². The van der Waals surface area contributed by atoms with Gasteiger partial charge >= 0.3 is 0 Å². The summed E-state index contributed by atoms with van der Waals surface area (Å²) in [5.41, 5.74) is 0. The van der Waals surface area contributed by atoms with Crippen LogP contribution in [0.15, 0.2) is 47.4 Å². The van der Waals surface area contributed by atoms with E-state index in [0.29, 0.717) is 11.3 Å². The van der Waals surface area contributed by atoms with Gasteiger partial charge in [-0.25, -0.2) is 8.42 Å². The highest BCUT2D eigenvalue weighted by Crippen LogP contribution is 2.27. The maximum Gasteiger partial charge on any atom is 0.194 e. The van der Waals surface area contributed by atoms with Gasteiger partial charge in [0.15, 0.2) is 9.84 Å². The van der Waals surface area contributed by atoms with Gasteiger partial charge in [0, 0.05) is 5.39 Å². The number of sulfone groups is 1. The molecule has 1 aliphatic rings. The molecule has 19 heavy (non-hydrogen) atoms. The monoisotopic (exact) mass is 275 g/mol. The Hall–Kier alpha value is -1.39. The van der Waals surface area contributed by atoms with Gasteiger partial charge in [-0.2, -0.15) is 0 Å². The van der Waals surface area contributed by atoms with Crippen molar-refractivity contribution in [1.82, 2.24) is 5.32 Å². The summed E-state index contributed by atoms with van der Waals surface area (Å²) < 4.78 is 25.5. The highest BCUT2D eigenvalue weighted by molar-refractivity contribution is 7.92. The molecule has 3 rings (SSSR count). The van der Waals surface area contributed by atoms with Gasteiger partial charge in [-0.3, -0.25) is 0 Å². The summed E-state index contributed by atoms with van der Waals surface area (Å²) in [5, 5.41) is 4.49. The number of fused-ring (bicyclic) bond motifs is 1. The van der Waals surface area contributed by atoms with Crippen LogP contribution in [0.3, 0.4) is 0 Å². The lowest BCUT2D eigenvalue weighted by atomic mass is 10.1. The molecule has 1 N–H and O–H groups in total. The summed E-state index contributed by atoms with van der Waals surface area (Å²) in [6.07, 6.45) is 2.73. The Balaban J connectivity index is 2.12. The molecule has 1 aliphatic heterocycles.